The van der Waals surface area contributed by atoms with E-state index in [1.165, 1.54) is 4.31 Å². The lowest BCUT2D eigenvalue weighted by Gasteiger charge is -2.37. The van der Waals surface area contributed by atoms with Crippen molar-refractivity contribution < 1.29 is 17.9 Å². The SMILES string of the molecule is Cc1cc(C)c(S(=O)(=O)N2CCN(C(=O)[C@H]3COc4ccccc4C3)CC2)c(C)c1. The minimum absolute atomic E-state index is 0.0456. The second kappa shape index (κ2) is 8.04. The average molecular weight is 429 g/mol. The number of piperazine rings is 1. The fourth-order valence-corrected chi connectivity index (χ4v) is 6.43. The van der Waals surface area contributed by atoms with Crippen molar-refractivity contribution in [2.75, 3.05) is 32.8 Å². The molecule has 1 atom stereocenters. The Balaban J connectivity index is 1.43. The van der Waals surface area contributed by atoms with Crippen LogP contribution in [0.4, 0.5) is 0 Å². The number of amides is 1. The molecule has 160 valence electrons. The van der Waals surface area contributed by atoms with Crippen LogP contribution in [0.15, 0.2) is 41.3 Å². The zero-order valence-electron chi connectivity index (χ0n) is 17.7. The fourth-order valence-electron chi connectivity index (χ4n) is 4.60. The molecule has 1 fully saturated rings. The van der Waals surface area contributed by atoms with E-state index >= 15 is 0 Å². The maximum atomic E-state index is 13.3. The zero-order chi connectivity index (χ0) is 21.5. The van der Waals surface area contributed by atoms with Gasteiger partial charge in [-0.3, -0.25) is 4.79 Å². The highest BCUT2D eigenvalue weighted by Crippen LogP contribution is 2.29. The van der Waals surface area contributed by atoms with Gasteiger partial charge in [0.15, 0.2) is 0 Å². The maximum Gasteiger partial charge on any atom is 0.243 e. The van der Waals surface area contributed by atoms with Crippen molar-refractivity contribution in [3.05, 3.63) is 58.7 Å². The second-order valence-corrected chi connectivity index (χ2v) is 10.2. The Labute approximate surface area is 178 Å². The number of hydrogen-bond donors (Lipinski definition) is 0. The third-order valence-electron chi connectivity index (χ3n) is 5.98. The highest BCUT2D eigenvalue weighted by molar-refractivity contribution is 7.89. The first-order chi connectivity index (χ1) is 14.3. The summed E-state index contributed by atoms with van der Waals surface area (Å²) in [5.74, 6) is 0.676. The number of benzene rings is 2. The first-order valence-electron chi connectivity index (χ1n) is 10.3. The molecular weight excluding hydrogens is 400 g/mol. The number of hydrogen-bond acceptors (Lipinski definition) is 4. The van der Waals surface area contributed by atoms with Gasteiger partial charge < -0.3 is 9.64 Å². The topological polar surface area (TPSA) is 66.9 Å². The fraction of sp³-hybridized carbons (Fsp3) is 0.435. The lowest BCUT2D eigenvalue weighted by atomic mass is 9.95. The molecule has 1 saturated heterocycles. The Morgan fingerprint density at radius 2 is 1.63 bits per heavy atom. The summed E-state index contributed by atoms with van der Waals surface area (Å²) in [6.07, 6.45) is 0.662. The molecule has 7 heteroatoms. The molecule has 0 aromatic heterocycles. The van der Waals surface area contributed by atoms with Crippen LogP contribution in [0.5, 0.6) is 5.75 Å². The predicted molar refractivity (Wildman–Crippen MR) is 115 cm³/mol. The molecular formula is C23H28N2O4S. The van der Waals surface area contributed by atoms with Gasteiger partial charge in [0.1, 0.15) is 12.4 Å². The monoisotopic (exact) mass is 428 g/mol. The third-order valence-corrected chi connectivity index (χ3v) is 8.19. The number of carbonyl (C=O) groups is 1. The summed E-state index contributed by atoms with van der Waals surface area (Å²) in [4.78, 5) is 15.2. The van der Waals surface area contributed by atoms with Crippen LogP contribution in [-0.2, 0) is 21.2 Å². The predicted octanol–water partition coefficient (Wildman–Crippen LogP) is 2.70. The van der Waals surface area contributed by atoms with Crippen molar-refractivity contribution in [1.29, 1.82) is 0 Å². The van der Waals surface area contributed by atoms with E-state index in [-0.39, 0.29) is 11.8 Å². The van der Waals surface area contributed by atoms with Crippen LogP contribution in [0.2, 0.25) is 0 Å². The van der Waals surface area contributed by atoms with Gasteiger partial charge in [-0.2, -0.15) is 4.31 Å². The summed E-state index contributed by atoms with van der Waals surface area (Å²) in [5, 5.41) is 0. The number of nitrogens with zero attached hydrogens (tertiary/aromatic N) is 2. The van der Waals surface area contributed by atoms with Crippen LogP contribution in [0.25, 0.3) is 0 Å². The molecule has 0 spiro atoms. The molecule has 6 nitrogen and oxygen atoms in total. The van der Waals surface area contributed by atoms with Gasteiger partial charge in [-0.05, 0) is 49.9 Å². The van der Waals surface area contributed by atoms with Crippen LogP contribution in [0, 0.1) is 26.7 Å². The van der Waals surface area contributed by atoms with Crippen molar-refractivity contribution in [3.63, 3.8) is 0 Å². The number of carbonyl (C=O) groups excluding carboxylic acids is 1. The molecule has 0 N–H and O–H groups in total. The summed E-state index contributed by atoms with van der Waals surface area (Å²) in [5.41, 5.74) is 3.64. The van der Waals surface area contributed by atoms with Crippen molar-refractivity contribution in [3.8, 4) is 5.75 Å². The molecule has 2 heterocycles. The molecule has 0 unspecified atom stereocenters. The summed E-state index contributed by atoms with van der Waals surface area (Å²) in [6, 6.07) is 11.6. The number of fused-ring (bicyclic) bond motifs is 1. The lowest BCUT2D eigenvalue weighted by molar-refractivity contribution is -0.138. The van der Waals surface area contributed by atoms with E-state index in [0.717, 1.165) is 28.0 Å². The van der Waals surface area contributed by atoms with Gasteiger partial charge in [0.25, 0.3) is 0 Å². The smallest absolute Gasteiger partial charge is 0.243 e. The van der Waals surface area contributed by atoms with Crippen LogP contribution in [0.3, 0.4) is 0 Å². The van der Waals surface area contributed by atoms with Crippen LogP contribution in [-0.4, -0.2) is 56.3 Å². The summed E-state index contributed by atoms with van der Waals surface area (Å²) < 4.78 is 33.8. The molecule has 4 rings (SSSR count). The van der Waals surface area contributed by atoms with Crippen molar-refractivity contribution in [2.45, 2.75) is 32.1 Å². The lowest BCUT2D eigenvalue weighted by Crippen LogP contribution is -2.53. The van der Waals surface area contributed by atoms with Gasteiger partial charge in [0.2, 0.25) is 15.9 Å². The second-order valence-electron chi connectivity index (χ2n) is 8.28. The first kappa shape index (κ1) is 20.9. The number of aryl methyl sites for hydroxylation is 3. The van der Waals surface area contributed by atoms with E-state index in [4.69, 9.17) is 4.74 Å². The van der Waals surface area contributed by atoms with Crippen LogP contribution in [0.1, 0.15) is 22.3 Å². The molecule has 0 bridgehead atoms. The molecule has 2 aliphatic rings. The molecule has 2 aliphatic heterocycles. The van der Waals surface area contributed by atoms with E-state index in [1.54, 1.807) is 4.90 Å². The largest absolute Gasteiger partial charge is 0.492 e. The highest BCUT2D eigenvalue weighted by atomic mass is 32.2. The van der Waals surface area contributed by atoms with E-state index in [0.29, 0.717) is 44.1 Å². The normalized spacial score (nSPS) is 19.8. The quantitative estimate of drug-likeness (QED) is 0.754. The van der Waals surface area contributed by atoms with Crippen molar-refractivity contribution in [2.24, 2.45) is 5.92 Å². The third kappa shape index (κ3) is 3.84. The number of rotatable bonds is 3. The molecule has 2 aromatic rings. The Morgan fingerprint density at radius 1 is 1.00 bits per heavy atom. The minimum Gasteiger partial charge on any atom is -0.492 e. The van der Waals surface area contributed by atoms with Crippen molar-refractivity contribution in [1.82, 2.24) is 9.21 Å². The highest BCUT2D eigenvalue weighted by Gasteiger charge is 2.35. The Hall–Kier alpha value is -2.38. The first-order valence-corrected chi connectivity index (χ1v) is 11.8. The molecule has 0 aliphatic carbocycles. The van der Waals surface area contributed by atoms with Crippen LogP contribution < -0.4 is 4.74 Å². The maximum absolute atomic E-state index is 13.3. The molecule has 0 radical (unpaired) electrons. The van der Waals surface area contributed by atoms with Gasteiger partial charge in [-0.25, -0.2) is 8.42 Å². The summed E-state index contributed by atoms with van der Waals surface area (Å²) in [7, 11) is -3.58. The average Bonchev–Trinajstić information content (AvgIpc) is 2.72. The molecule has 30 heavy (non-hydrogen) atoms. The summed E-state index contributed by atoms with van der Waals surface area (Å²) >= 11 is 0. The zero-order valence-corrected chi connectivity index (χ0v) is 18.5. The number of para-hydroxylation sites is 1. The number of sulfonamides is 1. The van der Waals surface area contributed by atoms with E-state index in [2.05, 4.69) is 0 Å². The molecule has 0 saturated carbocycles. The van der Waals surface area contributed by atoms with Gasteiger partial charge in [0.05, 0.1) is 10.8 Å². The minimum atomic E-state index is -3.58. The Morgan fingerprint density at radius 3 is 2.30 bits per heavy atom. The van der Waals surface area contributed by atoms with Crippen LogP contribution >= 0.6 is 0 Å². The van der Waals surface area contributed by atoms with E-state index in [1.807, 2.05) is 57.2 Å². The molecule has 2 aromatic carbocycles. The summed E-state index contributed by atoms with van der Waals surface area (Å²) in [6.45, 7) is 7.45. The van der Waals surface area contributed by atoms with Gasteiger partial charge >= 0.3 is 0 Å². The molecule has 1 amide bonds. The van der Waals surface area contributed by atoms with Gasteiger partial charge in [-0.1, -0.05) is 35.9 Å². The van der Waals surface area contributed by atoms with Gasteiger partial charge in [-0.15, -0.1) is 0 Å². The van der Waals surface area contributed by atoms with Crippen molar-refractivity contribution >= 4 is 15.9 Å². The van der Waals surface area contributed by atoms with Gasteiger partial charge in [0, 0.05) is 26.2 Å². The Kier molecular flexibility index (Phi) is 5.59. The number of ether oxygens (including phenoxy) is 1. The standard InChI is InChI=1S/C23H28N2O4S/c1-16-12-17(2)22(18(3)13-16)30(27,28)25-10-8-24(9-11-25)23(26)20-14-19-6-4-5-7-21(19)29-15-20/h4-7,12-13,20H,8-11,14-15H2,1-3H3/t20-/m1/s1. The Bertz CT molecular complexity index is 1050. The van der Waals surface area contributed by atoms with E-state index in [9.17, 15) is 13.2 Å². The van der Waals surface area contributed by atoms with E-state index < -0.39 is 10.0 Å².